The standard InChI is InChI=1S/C18H22ClN3O2/c1-4-5-12-22-18(19)14(13(2)21-22)10-11-17(23)20-15-8-6-7-9-16(15)24-3/h6-11H,4-5,12H2,1-3H3,(H,20,23). The fourth-order valence-electron chi connectivity index (χ4n) is 2.29. The zero-order chi connectivity index (χ0) is 17.5. The summed E-state index contributed by atoms with van der Waals surface area (Å²) >= 11 is 6.35. The Morgan fingerprint density at radius 1 is 1.42 bits per heavy atom. The van der Waals surface area contributed by atoms with E-state index in [0.717, 1.165) is 30.6 Å². The molecule has 1 heterocycles. The number of ether oxygens (including phenoxy) is 1. The Labute approximate surface area is 147 Å². The van der Waals surface area contributed by atoms with Gasteiger partial charge in [0.25, 0.3) is 0 Å². The van der Waals surface area contributed by atoms with Crippen LogP contribution in [0.25, 0.3) is 6.08 Å². The Kier molecular flexibility index (Phi) is 6.44. The third kappa shape index (κ3) is 4.38. The third-order valence-corrected chi connectivity index (χ3v) is 4.00. The molecule has 0 unspecified atom stereocenters. The van der Waals surface area contributed by atoms with E-state index in [1.165, 1.54) is 6.08 Å². The highest BCUT2D eigenvalue weighted by Crippen LogP contribution is 2.24. The van der Waals surface area contributed by atoms with Crippen LogP contribution in [0.5, 0.6) is 5.75 Å². The molecule has 1 aromatic heterocycles. The second-order valence-corrected chi connectivity index (χ2v) is 5.75. The SMILES string of the molecule is CCCCn1nc(C)c(C=CC(=O)Nc2ccccc2OC)c1Cl. The molecule has 128 valence electrons. The molecule has 0 fully saturated rings. The average molecular weight is 348 g/mol. The molecule has 1 N–H and O–H groups in total. The summed E-state index contributed by atoms with van der Waals surface area (Å²) in [6, 6.07) is 7.25. The highest BCUT2D eigenvalue weighted by molar-refractivity contribution is 6.31. The number of aromatic nitrogens is 2. The monoisotopic (exact) mass is 347 g/mol. The minimum absolute atomic E-state index is 0.253. The van der Waals surface area contributed by atoms with E-state index >= 15 is 0 Å². The van der Waals surface area contributed by atoms with Crippen molar-refractivity contribution in [3.63, 3.8) is 0 Å². The van der Waals surface area contributed by atoms with Gasteiger partial charge in [0.15, 0.2) is 0 Å². The molecule has 0 saturated heterocycles. The number of amides is 1. The summed E-state index contributed by atoms with van der Waals surface area (Å²) in [5.74, 6) is 0.358. The summed E-state index contributed by atoms with van der Waals surface area (Å²) < 4.78 is 6.99. The quantitative estimate of drug-likeness (QED) is 0.759. The number of nitrogens with zero attached hydrogens (tertiary/aromatic N) is 2. The van der Waals surface area contributed by atoms with Gasteiger partial charge in [0.05, 0.1) is 18.5 Å². The first kappa shape index (κ1) is 18.1. The molecule has 5 nitrogen and oxygen atoms in total. The maximum Gasteiger partial charge on any atom is 0.248 e. The summed E-state index contributed by atoms with van der Waals surface area (Å²) in [7, 11) is 1.56. The first-order valence-corrected chi connectivity index (χ1v) is 8.29. The van der Waals surface area contributed by atoms with Gasteiger partial charge in [-0.2, -0.15) is 5.10 Å². The number of nitrogens with one attached hydrogen (secondary N) is 1. The number of halogens is 1. The number of hydrogen-bond acceptors (Lipinski definition) is 3. The summed E-state index contributed by atoms with van der Waals surface area (Å²) in [6.07, 6.45) is 5.23. The minimum atomic E-state index is -0.253. The molecule has 0 bridgehead atoms. The van der Waals surface area contributed by atoms with Crippen LogP contribution in [0.4, 0.5) is 5.69 Å². The van der Waals surface area contributed by atoms with Gasteiger partial charge in [-0.1, -0.05) is 37.1 Å². The van der Waals surface area contributed by atoms with Crippen LogP contribution < -0.4 is 10.1 Å². The van der Waals surface area contributed by atoms with E-state index in [2.05, 4.69) is 17.3 Å². The highest BCUT2D eigenvalue weighted by atomic mass is 35.5. The molecule has 0 atom stereocenters. The van der Waals surface area contributed by atoms with Gasteiger partial charge < -0.3 is 10.1 Å². The lowest BCUT2D eigenvalue weighted by atomic mass is 10.2. The summed E-state index contributed by atoms with van der Waals surface area (Å²) in [5.41, 5.74) is 2.19. The minimum Gasteiger partial charge on any atom is -0.495 e. The molecule has 2 rings (SSSR count). The van der Waals surface area contributed by atoms with Gasteiger partial charge >= 0.3 is 0 Å². The summed E-state index contributed by atoms with van der Waals surface area (Å²) in [6.45, 7) is 4.77. The van der Waals surface area contributed by atoms with Crippen molar-refractivity contribution in [2.75, 3.05) is 12.4 Å². The number of carbonyl (C=O) groups excluding carboxylic acids is 1. The van der Waals surface area contributed by atoms with Gasteiger partial charge in [0, 0.05) is 18.2 Å². The Morgan fingerprint density at radius 3 is 2.88 bits per heavy atom. The maximum absolute atomic E-state index is 12.1. The molecule has 6 heteroatoms. The Bertz CT molecular complexity index is 738. The molecule has 0 aliphatic rings. The van der Waals surface area contributed by atoms with Crippen LogP contribution >= 0.6 is 11.6 Å². The van der Waals surface area contributed by atoms with Crippen LogP contribution in [0, 0.1) is 6.92 Å². The van der Waals surface area contributed by atoms with E-state index in [0.29, 0.717) is 16.6 Å². The van der Waals surface area contributed by atoms with Gasteiger partial charge in [-0.15, -0.1) is 0 Å². The van der Waals surface area contributed by atoms with Crippen molar-refractivity contribution < 1.29 is 9.53 Å². The zero-order valence-corrected chi connectivity index (χ0v) is 14.9. The molecule has 1 aromatic carbocycles. The number of benzene rings is 1. The molecule has 24 heavy (non-hydrogen) atoms. The van der Waals surface area contributed by atoms with Gasteiger partial charge in [-0.05, 0) is 31.6 Å². The molecule has 0 spiro atoms. The van der Waals surface area contributed by atoms with E-state index in [4.69, 9.17) is 16.3 Å². The Morgan fingerprint density at radius 2 is 2.17 bits per heavy atom. The van der Waals surface area contributed by atoms with Gasteiger partial charge in [-0.25, -0.2) is 0 Å². The number of para-hydroxylation sites is 2. The number of hydrogen-bond donors (Lipinski definition) is 1. The highest BCUT2D eigenvalue weighted by Gasteiger charge is 2.11. The van der Waals surface area contributed by atoms with Crippen molar-refractivity contribution in [2.24, 2.45) is 0 Å². The Hall–Kier alpha value is -2.27. The topological polar surface area (TPSA) is 56.2 Å². The first-order chi connectivity index (χ1) is 11.6. The number of methoxy groups -OCH3 is 1. The average Bonchev–Trinajstić information content (AvgIpc) is 2.85. The van der Waals surface area contributed by atoms with Gasteiger partial charge in [-0.3, -0.25) is 9.48 Å². The fraction of sp³-hybridized carbons (Fsp3) is 0.333. The molecule has 0 aliphatic heterocycles. The zero-order valence-electron chi connectivity index (χ0n) is 14.2. The molecule has 1 amide bonds. The number of aryl methyl sites for hydroxylation is 2. The lowest BCUT2D eigenvalue weighted by Crippen LogP contribution is -2.08. The van der Waals surface area contributed by atoms with Crippen LogP contribution in [0.15, 0.2) is 30.3 Å². The fourth-order valence-corrected chi connectivity index (χ4v) is 2.62. The number of carbonyl (C=O) groups is 1. The first-order valence-electron chi connectivity index (χ1n) is 7.91. The van der Waals surface area contributed by atoms with Crippen molar-refractivity contribution in [1.82, 2.24) is 9.78 Å². The van der Waals surface area contributed by atoms with Crippen LogP contribution in [0.2, 0.25) is 5.15 Å². The van der Waals surface area contributed by atoms with Crippen LogP contribution in [-0.2, 0) is 11.3 Å². The molecule has 2 aromatic rings. The van der Waals surface area contributed by atoms with E-state index in [-0.39, 0.29) is 5.91 Å². The lowest BCUT2D eigenvalue weighted by molar-refractivity contribution is -0.111. The van der Waals surface area contributed by atoms with Crippen molar-refractivity contribution in [1.29, 1.82) is 0 Å². The number of anilines is 1. The van der Waals surface area contributed by atoms with Gasteiger partial charge in [0.2, 0.25) is 5.91 Å². The number of unbranched alkanes of at least 4 members (excludes halogenated alkanes) is 1. The van der Waals surface area contributed by atoms with Gasteiger partial charge in [0.1, 0.15) is 10.9 Å². The largest absolute Gasteiger partial charge is 0.495 e. The van der Waals surface area contributed by atoms with Crippen molar-refractivity contribution >= 4 is 29.3 Å². The molecule has 0 radical (unpaired) electrons. The van der Waals surface area contributed by atoms with E-state index in [9.17, 15) is 4.79 Å². The second-order valence-electron chi connectivity index (χ2n) is 5.39. The van der Waals surface area contributed by atoms with Crippen LogP contribution in [0.3, 0.4) is 0 Å². The molecule has 0 saturated carbocycles. The second kappa shape index (κ2) is 8.55. The molecular weight excluding hydrogens is 326 g/mol. The lowest BCUT2D eigenvalue weighted by Gasteiger charge is -2.07. The van der Waals surface area contributed by atoms with E-state index in [1.807, 2.05) is 19.1 Å². The number of rotatable bonds is 7. The van der Waals surface area contributed by atoms with Crippen molar-refractivity contribution in [2.45, 2.75) is 33.2 Å². The molecule has 0 aliphatic carbocycles. The maximum atomic E-state index is 12.1. The van der Waals surface area contributed by atoms with E-state index in [1.54, 1.807) is 30.0 Å². The van der Waals surface area contributed by atoms with Crippen molar-refractivity contribution in [3.05, 3.63) is 46.8 Å². The predicted molar refractivity (Wildman–Crippen MR) is 97.5 cm³/mol. The van der Waals surface area contributed by atoms with E-state index < -0.39 is 0 Å². The Balaban J connectivity index is 2.10. The van der Waals surface area contributed by atoms with Crippen LogP contribution in [0.1, 0.15) is 31.0 Å². The predicted octanol–water partition coefficient (Wildman–Crippen LogP) is 4.31. The summed E-state index contributed by atoms with van der Waals surface area (Å²) in [5, 5.41) is 7.77. The molecular formula is C18H22ClN3O2. The normalized spacial score (nSPS) is 11.0. The third-order valence-electron chi connectivity index (χ3n) is 3.60. The van der Waals surface area contributed by atoms with Crippen molar-refractivity contribution in [3.8, 4) is 5.75 Å². The smallest absolute Gasteiger partial charge is 0.248 e. The summed E-state index contributed by atoms with van der Waals surface area (Å²) in [4.78, 5) is 12.1. The van der Waals surface area contributed by atoms with Crippen LogP contribution in [-0.4, -0.2) is 22.8 Å².